The molecule has 94 valence electrons. The van der Waals surface area contributed by atoms with Gasteiger partial charge in [-0.05, 0) is 43.0 Å². The Morgan fingerprint density at radius 2 is 2.18 bits per heavy atom. The number of nitrogens with one attached hydrogen (secondary N) is 1. The van der Waals surface area contributed by atoms with Gasteiger partial charge in [-0.1, -0.05) is 31.9 Å². The molecule has 0 saturated heterocycles. The molecule has 1 fully saturated rings. The quantitative estimate of drug-likeness (QED) is 0.812. The first-order valence-electron chi connectivity index (χ1n) is 6.62. The van der Waals surface area contributed by atoms with Gasteiger partial charge >= 0.3 is 0 Å². The Bertz CT molecular complexity index is 371. The van der Waals surface area contributed by atoms with Crippen LogP contribution >= 0.6 is 0 Å². The highest BCUT2D eigenvalue weighted by molar-refractivity contribution is 5.37. The van der Waals surface area contributed by atoms with Gasteiger partial charge in [-0.15, -0.1) is 0 Å². The van der Waals surface area contributed by atoms with Gasteiger partial charge in [0.15, 0.2) is 0 Å². The van der Waals surface area contributed by atoms with Crippen LogP contribution in [-0.4, -0.2) is 13.7 Å². The molecule has 0 radical (unpaired) electrons. The molecule has 2 rings (SSSR count). The van der Waals surface area contributed by atoms with Crippen LogP contribution in [0.2, 0.25) is 0 Å². The van der Waals surface area contributed by atoms with Crippen molar-refractivity contribution in [2.24, 2.45) is 5.92 Å². The second kappa shape index (κ2) is 5.54. The first kappa shape index (κ1) is 12.4. The lowest BCUT2D eigenvalue weighted by Crippen LogP contribution is -2.21. The van der Waals surface area contributed by atoms with E-state index in [9.17, 15) is 0 Å². The number of aryl methyl sites for hydroxylation is 1. The fraction of sp³-hybridized carbons (Fsp3) is 0.600. The first-order chi connectivity index (χ1) is 8.24. The number of ether oxygens (including phenoxy) is 1. The van der Waals surface area contributed by atoms with Crippen LogP contribution in [0.15, 0.2) is 18.2 Å². The van der Waals surface area contributed by atoms with Crippen molar-refractivity contribution in [1.82, 2.24) is 5.32 Å². The molecule has 0 heterocycles. The van der Waals surface area contributed by atoms with Gasteiger partial charge in [-0.2, -0.15) is 0 Å². The number of benzene rings is 1. The van der Waals surface area contributed by atoms with E-state index in [0.29, 0.717) is 6.04 Å². The largest absolute Gasteiger partial charge is 0.496 e. The van der Waals surface area contributed by atoms with Crippen LogP contribution in [0.1, 0.15) is 43.4 Å². The molecule has 0 aromatic heterocycles. The first-order valence-corrected chi connectivity index (χ1v) is 6.62. The fourth-order valence-electron chi connectivity index (χ4n) is 2.39. The molecule has 0 aliphatic heterocycles. The lowest BCUT2D eigenvalue weighted by molar-refractivity contribution is 0.410. The van der Waals surface area contributed by atoms with E-state index in [1.807, 2.05) is 0 Å². The molecule has 2 heteroatoms. The minimum atomic E-state index is 0.511. The zero-order chi connectivity index (χ0) is 12.3. The summed E-state index contributed by atoms with van der Waals surface area (Å²) in [6.45, 7) is 5.32. The summed E-state index contributed by atoms with van der Waals surface area (Å²) in [7, 11) is 1.73. The molecule has 0 spiro atoms. The van der Waals surface area contributed by atoms with E-state index < -0.39 is 0 Å². The Labute approximate surface area is 104 Å². The SMILES string of the molecule is CCNC(CC1CC1)c1ccc(OC)c(C)c1. The monoisotopic (exact) mass is 233 g/mol. The zero-order valence-electron chi connectivity index (χ0n) is 11.1. The molecule has 1 atom stereocenters. The van der Waals surface area contributed by atoms with Crippen LogP contribution in [0, 0.1) is 12.8 Å². The summed E-state index contributed by atoms with van der Waals surface area (Å²) < 4.78 is 5.31. The molecule has 1 N–H and O–H groups in total. The van der Waals surface area contributed by atoms with Crippen LogP contribution in [0.4, 0.5) is 0 Å². The van der Waals surface area contributed by atoms with Crippen LogP contribution in [-0.2, 0) is 0 Å². The molecular weight excluding hydrogens is 210 g/mol. The van der Waals surface area contributed by atoms with Gasteiger partial charge in [0.25, 0.3) is 0 Å². The Hall–Kier alpha value is -1.02. The molecule has 1 unspecified atom stereocenters. The average Bonchev–Trinajstić information content (AvgIpc) is 3.12. The van der Waals surface area contributed by atoms with Crippen molar-refractivity contribution in [1.29, 1.82) is 0 Å². The fourth-order valence-corrected chi connectivity index (χ4v) is 2.39. The predicted molar refractivity (Wildman–Crippen MR) is 71.5 cm³/mol. The molecule has 0 amide bonds. The van der Waals surface area contributed by atoms with Crippen molar-refractivity contribution < 1.29 is 4.74 Å². The Morgan fingerprint density at radius 1 is 1.41 bits per heavy atom. The summed E-state index contributed by atoms with van der Waals surface area (Å²) in [6.07, 6.45) is 4.10. The Kier molecular flexibility index (Phi) is 4.06. The predicted octanol–water partition coefficient (Wildman–Crippen LogP) is 3.45. The number of hydrogen-bond donors (Lipinski definition) is 1. The van der Waals surface area contributed by atoms with Crippen LogP contribution in [0.5, 0.6) is 5.75 Å². The summed E-state index contributed by atoms with van der Waals surface area (Å²) in [6, 6.07) is 7.05. The second-order valence-electron chi connectivity index (χ2n) is 5.02. The van der Waals surface area contributed by atoms with Gasteiger partial charge in [0.05, 0.1) is 7.11 Å². The van der Waals surface area contributed by atoms with Crippen molar-refractivity contribution in [3.63, 3.8) is 0 Å². The molecule has 1 saturated carbocycles. The highest BCUT2D eigenvalue weighted by Crippen LogP contribution is 2.38. The normalized spacial score (nSPS) is 16.9. The van der Waals surface area contributed by atoms with Crippen LogP contribution < -0.4 is 10.1 Å². The lowest BCUT2D eigenvalue weighted by Gasteiger charge is -2.19. The lowest BCUT2D eigenvalue weighted by atomic mass is 9.99. The van der Waals surface area contributed by atoms with Gasteiger partial charge in [-0.25, -0.2) is 0 Å². The molecule has 2 nitrogen and oxygen atoms in total. The summed E-state index contributed by atoms with van der Waals surface area (Å²) >= 11 is 0. The van der Waals surface area contributed by atoms with Gasteiger partial charge in [-0.3, -0.25) is 0 Å². The maximum absolute atomic E-state index is 5.31. The molecular formula is C15H23NO. The summed E-state index contributed by atoms with van der Waals surface area (Å²) in [5.74, 6) is 1.93. The Morgan fingerprint density at radius 3 is 2.71 bits per heavy atom. The minimum Gasteiger partial charge on any atom is -0.496 e. The second-order valence-corrected chi connectivity index (χ2v) is 5.02. The maximum atomic E-state index is 5.31. The topological polar surface area (TPSA) is 21.3 Å². The highest BCUT2D eigenvalue weighted by atomic mass is 16.5. The third kappa shape index (κ3) is 3.22. The van der Waals surface area contributed by atoms with Crippen molar-refractivity contribution in [3.05, 3.63) is 29.3 Å². The molecule has 1 aliphatic rings. The maximum Gasteiger partial charge on any atom is 0.121 e. The van der Waals surface area contributed by atoms with Crippen molar-refractivity contribution in [2.75, 3.05) is 13.7 Å². The minimum absolute atomic E-state index is 0.511. The smallest absolute Gasteiger partial charge is 0.121 e. The van der Waals surface area contributed by atoms with Gasteiger partial charge in [0, 0.05) is 6.04 Å². The summed E-state index contributed by atoms with van der Waals surface area (Å²) in [5.41, 5.74) is 2.63. The Balaban J connectivity index is 2.13. The van der Waals surface area contributed by atoms with Gasteiger partial charge in [0.1, 0.15) is 5.75 Å². The molecule has 1 aromatic carbocycles. The molecule has 1 aliphatic carbocycles. The van der Waals surface area contributed by atoms with E-state index >= 15 is 0 Å². The zero-order valence-corrected chi connectivity index (χ0v) is 11.1. The number of hydrogen-bond acceptors (Lipinski definition) is 2. The number of rotatable bonds is 6. The van der Waals surface area contributed by atoms with E-state index in [0.717, 1.165) is 18.2 Å². The average molecular weight is 233 g/mol. The van der Waals surface area contributed by atoms with E-state index in [1.54, 1.807) is 7.11 Å². The van der Waals surface area contributed by atoms with E-state index in [4.69, 9.17) is 4.74 Å². The highest BCUT2D eigenvalue weighted by Gasteiger charge is 2.26. The van der Waals surface area contributed by atoms with Gasteiger partial charge in [0.2, 0.25) is 0 Å². The van der Waals surface area contributed by atoms with E-state index in [1.165, 1.54) is 30.4 Å². The van der Waals surface area contributed by atoms with Crippen LogP contribution in [0.3, 0.4) is 0 Å². The van der Waals surface area contributed by atoms with Crippen LogP contribution in [0.25, 0.3) is 0 Å². The van der Waals surface area contributed by atoms with Crippen molar-refractivity contribution >= 4 is 0 Å². The standard InChI is InChI=1S/C15H23NO/c1-4-16-14(10-12-5-6-12)13-7-8-15(17-3)11(2)9-13/h7-9,12,14,16H,4-6,10H2,1-3H3. The molecule has 17 heavy (non-hydrogen) atoms. The molecule has 0 bridgehead atoms. The van der Waals surface area contributed by atoms with Crippen molar-refractivity contribution in [3.8, 4) is 5.75 Å². The third-order valence-corrected chi connectivity index (χ3v) is 3.54. The molecule has 1 aromatic rings. The van der Waals surface area contributed by atoms with Gasteiger partial charge < -0.3 is 10.1 Å². The number of methoxy groups -OCH3 is 1. The summed E-state index contributed by atoms with van der Waals surface area (Å²) in [5, 5.41) is 3.59. The third-order valence-electron chi connectivity index (χ3n) is 3.54. The van der Waals surface area contributed by atoms with E-state index in [-0.39, 0.29) is 0 Å². The van der Waals surface area contributed by atoms with Crippen molar-refractivity contribution in [2.45, 2.75) is 39.2 Å². The summed E-state index contributed by atoms with van der Waals surface area (Å²) in [4.78, 5) is 0. The van der Waals surface area contributed by atoms with E-state index in [2.05, 4.69) is 37.4 Å².